The third-order valence-electron chi connectivity index (χ3n) is 18.1. The maximum atomic E-state index is 12.5. The summed E-state index contributed by atoms with van der Waals surface area (Å²) in [5.41, 5.74) is -1.20. The van der Waals surface area contributed by atoms with Crippen LogP contribution in [0.2, 0.25) is 0 Å². The smallest absolute Gasteiger partial charge is 0.303 e. The van der Waals surface area contributed by atoms with E-state index in [1.165, 1.54) is 55.4 Å². The number of esters is 12. The quantitative estimate of drug-likeness (QED) is 0.0458. The zero-order chi connectivity index (χ0) is 85.7. The fraction of sp³-hybridized carbons (Fsp3) is 0.836. The Bertz CT molecular complexity index is 2950. The Morgan fingerprint density at radius 1 is 0.248 bits per heavy atom. The van der Waals surface area contributed by atoms with Crippen LogP contribution in [-0.2, 0) is 209 Å². The molecule has 8 saturated heterocycles. The fourth-order valence-electron chi connectivity index (χ4n) is 13.7. The molecule has 0 bridgehead atoms. The van der Waals surface area contributed by atoms with E-state index in [0.29, 0.717) is 0 Å². The van der Waals surface area contributed by atoms with Gasteiger partial charge in [-0.15, -0.1) is 0 Å². The highest BCUT2D eigenvalue weighted by Gasteiger charge is 2.64. The van der Waals surface area contributed by atoms with Gasteiger partial charge in [-0.1, -0.05) is 0 Å². The second kappa shape index (κ2) is 43.4. The van der Waals surface area contributed by atoms with Crippen LogP contribution >= 0.6 is 0 Å². The molecule has 117 heavy (non-hydrogen) atoms. The van der Waals surface area contributed by atoms with E-state index in [0.717, 1.165) is 55.4 Å². The van der Waals surface area contributed by atoms with Crippen molar-refractivity contribution in [2.24, 2.45) is 5.41 Å². The predicted octanol–water partition coefficient (Wildman–Crippen LogP) is 0.628. The van der Waals surface area contributed by atoms with Crippen molar-refractivity contribution in [3.8, 4) is 0 Å². The summed E-state index contributed by atoms with van der Waals surface area (Å²) >= 11 is 0. The Labute approximate surface area is 673 Å². The lowest BCUT2D eigenvalue weighted by Crippen LogP contribution is -2.60. The summed E-state index contributed by atoms with van der Waals surface area (Å²) in [4.78, 5) is 147. The molecule has 0 aromatic heterocycles. The summed E-state index contributed by atoms with van der Waals surface area (Å²) in [7, 11) is 0. The van der Waals surface area contributed by atoms with Crippen LogP contribution in [0.15, 0.2) is 0 Å². The monoisotopic (exact) mass is 1690 g/mol. The highest BCUT2D eigenvalue weighted by atomic mass is 17.0. The highest BCUT2D eigenvalue weighted by Crippen LogP contribution is 2.45. The van der Waals surface area contributed by atoms with Crippen molar-refractivity contribution in [3.05, 3.63) is 0 Å². The number of fused-ring (bicyclic) bond motifs is 4. The molecule has 0 aliphatic carbocycles. The Kier molecular flexibility index (Phi) is 35.3. The van der Waals surface area contributed by atoms with Gasteiger partial charge in [0.1, 0.15) is 50.8 Å². The molecule has 8 aliphatic heterocycles. The van der Waals surface area contributed by atoms with Gasteiger partial charge in [-0.2, -0.15) is 0 Å². The summed E-state index contributed by atoms with van der Waals surface area (Å²) in [6.07, 6.45) is -24.5. The second-order valence-electron chi connectivity index (χ2n) is 28.7. The molecule has 0 radical (unpaired) electrons. The molecule has 0 amide bonds. The van der Waals surface area contributed by atoms with Gasteiger partial charge in [0.15, 0.2) is 98.4 Å². The molecule has 0 aromatic rings. The Morgan fingerprint density at radius 2 is 0.427 bits per heavy atom. The number of carbonyl (C=O) groups excluding carboxylic acids is 12. The van der Waals surface area contributed by atoms with Crippen LogP contribution in [0, 0.1) is 5.41 Å². The van der Waals surface area contributed by atoms with E-state index in [-0.39, 0.29) is 105 Å². The molecule has 8 fully saturated rings. The molecule has 4 unspecified atom stereocenters. The summed E-state index contributed by atoms with van der Waals surface area (Å²) in [6.45, 7) is 16.9. The van der Waals surface area contributed by atoms with E-state index in [4.69, 9.17) is 152 Å². The van der Waals surface area contributed by atoms with Gasteiger partial charge in [-0.3, -0.25) is 76.5 Å². The van der Waals surface area contributed by atoms with Crippen LogP contribution in [0.5, 0.6) is 0 Å². The molecule has 8 heterocycles. The topological polar surface area (TPSA) is 500 Å². The molecule has 664 valence electrons. The van der Waals surface area contributed by atoms with Gasteiger partial charge in [0.25, 0.3) is 23.9 Å². The molecule has 0 N–H and O–H groups in total. The van der Waals surface area contributed by atoms with Gasteiger partial charge in [-0.05, 0) is 25.7 Å². The third-order valence-corrected chi connectivity index (χ3v) is 18.1. The average Bonchev–Trinajstić information content (AvgIpc) is 1.64. The highest BCUT2D eigenvalue weighted by molar-refractivity contribution is 5.71. The SMILES string of the molecule is CC(=O)OC[C@H]1O[C@H]2OC(C)(OCCCOCC(COCCCOC3(C)O[C@@H]4O[C@H](COC(C)=O)[C@@H](OC(C)=O)[C@H](OC(C)=O)[C@@H]4O3)(COCCCOC3(C)O[C@@H]4O[C@H](COC(C)=O)[C@@H](OC(C)=O)[C@H](OC(C)=O)[C@@H]4O3)COCCCOC3(C)O[C@@H]4O[C@H](COC(C)=O)[C@@H](OC(C)=O)[C@H](OC(C)=O)[C@@H]4O3)O[C@H]2[C@@H](OC(C)=O)[C@@H]1OC(C)=O. The number of carbonyl (C=O) groups is 12. The summed E-state index contributed by atoms with van der Waals surface area (Å²) in [6, 6.07) is 0. The van der Waals surface area contributed by atoms with Gasteiger partial charge in [-0.25, -0.2) is 0 Å². The van der Waals surface area contributed by atoms with Gasteiger partial charge >= 0.3 is 71.6 Å². The molecule has 44 heteroatoms. The standard InChI is InChI=1S/C73H108O44/c1-37(74)90-29-49-53(98-41(5)78)57(102-45(9)82)61-65(106-49)114-69(13,110-61)94-25-17-21-86-33-73(34-87-22-18-26-95-70(14)111-62-58(103-46(10)83)54(99-42(6)79)50(30-91-38(2)75)107-66(62)115-70,35-88-23-19-27-96-71(15)112-63-59(104-47(11)84)55(100-43(7)80)51(31-92-39(3)76)108-67(63)116-71)36-89-24-20-28-97-72(16)113-64-60(105-48(12)85)56(101-44(8)81)52(32-93-40(4)77)109-68(64)117-72/h49-68H,17-36H2,1-16H3/t49-,50-,51-,52-,53-,54-,55-,56-,57+,58+,59+,60+,61+,62+,63+,64+,65+,66+,67+,68+,69?,70?,71?,72?,73?/m1/s1. The minimum atomic E-state index is -1.86. The lowest BCUT2D eigenvalue weighted by molar-refractivity contribution is -0.345. The van der Waals surface area contributed by atoms with Crippen molar-refractivity contribution in [1.29, 1.82) is 0 Å². The molecular formula is C73H108O44. The first-order valence-electron chi connectivity index (χ1n) is 38.0. The third kappa shape index (κ3) is 28.5. The Morgan fingerprint density at radius 3 is 0.598 bits per heavy atom. The minimum absolute atomic E-state index is 0.00999. The Balaban J connectivity index is 0.978. The molecule has 0 saturated carbocycles. The van der Waals surface area contributed by atoms with Crippen LogP contribution in [0.1, 0.15) is 136 Å². The number of hydrogen-bond donors (Lipinski definition) is 0. The zero-order valence-corrected chi connectivity index (χ0v) is 68.2. The molecule has 0 aromatic carbocycles. The van der Waals surface area contributed by atoms with Crippen LogP contribution in [-0.4, -0.2) is 324 Å². The van der Waals surface area contributed by atoms with Crippen molar-refractivity contribution < 1.29 is 209 Å². The van der Waals surface area contributed by atoms with Crippen LogP contribution in [0.25, 0.3) is 0 Å². The van der Waals surface area contributed by atoms with Crippen LogP contribution < -0.4 is 0 Å². The zero-order valence-electron chi connectivity index (χ0n) is 68.2. The number of rotatable bonds is 44. The summed E-state index contributed by atoms with van der Waals surface area (Å²) in [5, 5.41) is 0. The van der Waals surface area contributed by atoms with Crippen molar-refractivity contribution in [1.82, 2.24) is 0 Å². The first kappa shape index (κ1) is 95.3. The van der Waals surface area contributed by atoms with E-state index < -0.39 is 250 Å². The number of hydrogen-bond acceptors (Lipinski definition) is 44. The van der Waals surface area contributed by atoms with Gasteiger partial charge in [0, 0.05) is 137 Å². The molecule has 0 spiro atoms. The fourth-order valence-corrected chi connectivity index (χ4v) is 13.7. The van der Waals surface area contributed by atoms with E-state index >= 15 is 0 Å². The van der Waals surface area contributed by atoms with E-state index in [1.54, 1.807) is 0 Å². The molecule has 8 rings (SSSR count). The second-order valence-corrected chi connectivity index (χ2v) is 28.7. The minimum Gasteiger partial charge on any atom is -0.463 e. The first-order valence-corrected chi connectivity index (χ1v) is 38.0. The van der Waals surface area contributed by atoms with E-state index in [9.17, 15) is 57.5 Å². The van der Waals surface area contributed by atoms with E-state index in [2.05, 4.69) is 0 Å². The van der Waals surface area contributed by atoms with Gasteiger partial charge < -0.3 is 133 Å². The maximum Gasteiger partial charge on any atom is 0.303 e. The van der Waals surface area contributed by atoms with Crippen molar-refractivity contribution in [2.75, 3.05) is 106 Å². The van der Waals surface area contributed by atoms with Crippen LogP contribution in [0.4, 0.5) is 0 Å². The molecule has 8 aliphatic rings. The lowest BCUT2D eigenvalue weighted by Gasteiger charge is -2.40. The first-order chi connectivity index (χ1) is 55.2. The molecular weight excluding hydrogens is 1580 g/mol. The predicted molar refractivity (Wildman–Crippen MR) is 371 cm³/mol. The molecule has 44 nitrogen and oxygen atoms in total. The van der Waals surface area contributed by atoms with Crippen molar-refractivity contribution in [3.63, 3.8) is 0 Å². The molecule has 24 atom stereocenters. The maximum absolute atomic E-state index is 12.5. The van der Waals surface area contributed by atoms with Gasteiger partial charge in [0.05, 0.1) is 58.3 Å². The van der Waals surface area contributed by atoms with Crippen LogP contribution in [0.3, 0.4) is 0 Å². The van der Waals surface area contributed by atoms with E-state index in [1.807, 2.05) is 0 Å². The summed E-state index contributed by atoms with van der Waals surface area (Å²) < 4.78 is 189. The van der Waals surface area contributed by atoms with Gasteiger partial charge in [0.2, 0.25) is 0 Å². The van der Waals surface area contributed by atoms with Crippen molar-refractivity contribution in [2.45, 2.75) is 283 Å². The average molecular weight is 1690 g/mol. The lowest BCUT2D eigenvalue weighted by atomic mass is 9.92. The van der Waals surface area contributed by atoms with Crippen molar-refractivity contribution >= 4 is 71.6 Å². The Hall–Kier alpha value is -7.16. The number of ether oxygens (including phenoxy) is 32. The largest absolute Gasteiger partial charge is 0.463 e. The normalized spacial score (nSPS) is 34.5. The summed E-state index contributed by atoms with van der Waals surface area (Å²) in [5.74, 6) is -16.2.